The highest BCUT2D eigenvalue weighted by molar-refractivity contribution is 7.86. The lowest BCUT2D eigenvalue weighted by Crippen LogP contribution is -2.59. The van der Waals surface area contributed by atoms with Gasteiger partial charge < -0.3 is 19.7 Å². The van der Waals surface area contributed by atoms with Crippen molar-refractivity contribution in [2.24, 2.45) is 5.16 Å². The van der Waals surface area contributed by atoms with Gasteiger partial charge in [0.1, 0.15) is 22.3 Å². The number of aromatic nitrogens is 1. The minimum absolute atomic E-state index is 0.0172. The number of ether oxygens (including phenoxy) is 1. The number of amides is 2. The van der Waals surface area contributed by atoms with E-state index >= 15 is 0 Å². The summed E-state index contributed by atoms with van der Waals surface area (Å²) >= 11 is 7.31. The maximum Gasteiger partial charge on any atom is 0.379 e. The Kier molecular flexibility index (Phi) is 10.8. The van der Waals surface area contributed by atoms with Crippen LogP contribution in [0.15, 0.2) is 113 Å². The highest BCUT2D eigenvalue weighted by Gasteiger charge is 2.49. The van der Waals surface area contributed by atoms with E-state index in [1.54, 1.807) is 5.38 Å². The summed E-state index contributed by atoms with van der Waals surface area (Å²) < 4.78 is 18.2. The number of alkyl halides is 1. The third-order valence-corrected chi connectivity index (χ3v) is 11.7. The van der Waals surface area contributed by atoms with Crippen molar-refractivity contribution >= 4 is 62.4 Å². The number of halogens is 1. The van der Waals surface area contributed by atoms with Crippen molar-refractivity contribution in [2.75, 3.05) is 23.6 Å². The minimum atomic E-state index is -1.40. The van der Waals surface area contributed by atoms with Crippen molar-refractivity contribution in [2.45, 2.75) is 42.9 Å². The zero-order valence-electron chi connectivity index (χ0n) is 27.7. The molecule has 0 bridgehead atoms. The molecule has 3 aliphatic heterocycles. The fraction of sp³-hybridized carbons (Fsp3) is 0.270. The molecule has 2 saturated heterocycles. The first-order valence-corrected chi connectivity index (χ1v) is 19.4. The van der Waals surface area contributed by atoms with Gasteiger partial charge in [0.15, 0.2) is 10.8 Å². The van der Waals surface area contributed by atoms with E-state index in [2.05, 4.69) is 16.0 Å². The number of carbonyl (C=O) groups is 3. The number of fused-ring (bicyclic) bond motifs is 1. The second-order valence-electron chi connectivity index (χ2n) is 12.2. The summed E-state index contributed by atoms with van der Waals surface area (Å²) in [6.07, 6.45) is 1.69. The van der Waals surface area contributed by atoms with Crippen LogP contribution in [-0.2, 0) is 45.1 Å². The van der Waals surface area contributed by atoms with E-state index in [0.29, 0.717) is 18.2 Å². The van der Waals surface area contributed by atoms with Crippen LogP contribution >= 0.6 is 22.9 Å². The number of hydrogen-bond acceptors (Lipinski definition) is 11. The number of nitrogens with one attached hydrogen (secondary N) is 2. The Morgan fingerprint density at radius 3 is 2.19 bits per heavy atom. The highest BCUT2D eigenvalue weighted by atomic mass is 35.5. The first-order chi connectivity index (χ1) is 25.4. The van der Waals surface area contributed by atoms with E-state index in [-0.39, 0.29) is 46.6 Å². The Hall–Kier alpha value is -4.89. The molecular weight excluding hydrogens is 726 g/mol. The first-order valence-electron chi connectivity index (χ1n) is 16.6. The van der Waals surface area contributed by atoms with Crippen molar-refractivity contribution in [3.63, 3.8) is 0 Å². The Morgan fingerprint density at radius 2 is 1.63 bits per heavy atom. The lowest BCUT2D eigenvalue weighted by Gasteiger charge is -2.43. The van der Waals surface area contributed by atoms with Crippen LogP contribution in [0.1, 0.15) is 48.1 Å². The van der Waals surface area contributed by atoms with Gasteiger partial charge in [-0.15, -0.1) is 22.9 Å². The van der Waals surface area contributed by atoms with E-state index in [1.165, 1.54) is 11.3 Å². The number of thiazole rings is 1. The Morgan fingerprint density at radius 1 is 1.00 bits per heavy atom. The molecule has 15 heteroatoms. The molecule has 12 nitrogen and oxygen atoms in total. The molecule has 2 amide bonds. The van der Waals surface area contributed by atoms with Crippen LogP contribution in [0.4, 0.5) is 5.13 Å². The summed E-state index contributed by atoms with van der Waals surface area (Å²) in [6.45, 7) is 0.490. The maximum absolute atomic E-state index is 13.7. The van der Waals surface area contributed by atoms with Gasteiger partial charge in [-0.3, -0.25) is 18.7 Å². The van der Waals surface area contributed by atoms with Crippen LogP contribution < -0.4 is 10.8 Å². The molecule has 1 aromatic heterocycles. The van der Waals surface area contributed by atoms with Crippen molar-refractivity contribution < 1.29 is 33.0 Å². The lowest BCUT2D eigenvalue weighted by molar-refractivity contribution is -0.163. The van der Waals surface area contributed by atoms with Gasteiger partial charge in [0.05, 0.1) is 18.8 Å². The third kappa shape index (κ3) is 7.11. The molecule has 0 spiro atoms. The molecule has 268 valence electrons. The summed E-state index contributed by atoms with van der Waals surface area (Å²) in [7, 11) is -1.40. The fourth-order valence-electron chi connectivity index (χ4n) is 6.40. The molecule has 52 heavy (non-hydrogen) atoms. The molecule has 0 radical (unpaired) electrons. The normalized spacial score (nSPS) is 20.4. The average Bonchev–Trinajstić information content (AvgIpc) is 3.65. The zero-order valence-corrected chi connectivity index (χ0v) is 30.1. The number of hydrogen-bond donors (Lipinski definition) is 2. The predicted octanol–water partition coefficient (Wildman–Crippen LogP) is 5.18. The number of benzene rings is 3. The Balaban J connectivity index is 1.20. The molecule has 4 aromatic rings. The molecule has 3 aliphatic rings. The fourth-order valence-corrected chi connectivity index (χ4v) is 9.04. The number of carbonyl (C=O) groups excluding carboxylic acids is 3. The molecule has 0 aliphatic carbocycles. The molecule has 0 saturated carbocycles. The number of oxime groups is 1. The number of nitrogens with zero attached hydrogens (tertiary/aromatic N) is 3. The summed E-state index contributed by atoms with van der Waals surface area (Å²) in [6, 6.07) is 30.0. The topological polar surface area (TPSA) is 149 Å². The monoisotopic (exact) mass is 759 g/mol. The lowest BCUT2D eigenvalue weighted by atomic mass is 9.77. The molecule has 2 unspecified atom stereocenters. The summed E-state index contributed by atoms with van der Waals surface area (Å²) in [5, 5.41) is 9.30. The predicted molar refractivity (Wildman–Crippen MR) is 196 cm³/mol. The van der Waals surface area contributed by atoms with E-state index < -0.39 is 39.9 Å². The minimum Gasteiger partial charge on any atom is -0.363 e. The van der Waals surface area contributed by atoms with E-state index in [0.717, 1.165) is 34.4 Å². The second kappa shape index (κ2) is 15.8. The van der Waals surface area contributed by atoms with Gasteiger partial charge in [0, 0.05) is 28.5 Å². The van der Waals surface area contributed by atoms with Gasteiger partial charge in [0.2, 0.25) is 12.2 Å². The standard InChI is InChI=1S/C37H34ClN5O7S2/c38-21-24-23-52(47)30-20-29(44)43(30)33(24)35(46)50-42-34(45)32(41-49-31-18-10-11-19-48-31)28-22-51-36(39-28)40-37(25-12-4-1-5-13-25,26-14-6-2-7-15-26)27-16-8-3-9-17-27/h1-9,12-17,22,30-31H,10-11,18-21,23H2,(H,39,40)(H,42,45)/t30-,31?,52?/m0/s1. The molecule has 4 heterocycles. The maximum atomic E-state index is 13.7. The van der Waals surface area contributed by atoms with Gasteiger partial charge in [-0.2, -0.15) is 5.48 Å². The van der Waals surface area contributed by atoms with Crippen LogP contribution in [0.2, 0.25) is 0 Å². The number of anilines is 1. The molecule has 3 atom stereocenters. The SMILES string of the molecule is O=C(NOC(=O)C1=C(CCl)CS(=O)[C@H]2CC(=O)N12)C(=NOC1CCCCO1)c1csc(NC(c2ccccc2)(c2ccccc2)c2ccccc2)n1. The smallest absolute Gasteiger partial charge is 0.363 e. The molecule has 2 fully saturated rings. The molecule has 2 N–H and O–H groups in total. The van der Waals surface area contributed by atoms with Gasteiger partial charge in [0.25, 0.3) is 0 Å². The largest absolute Gasteiger partial charge is 0.379 e. The highest BCUT2D eigenvalue weighted by Crippen LogP contribution is 2.41. The second-order valence-corrected chi connectivity index (χ2v) is 14.9. The van der Waals surface area contributed by atoms with E-state index in [1.807, 2.05) is 91.0 Å². The number of rotatable bonds is 11. The summed E-state index contributed by atoms with van der Waals surface area (Å²) in [5.74, 6) is -2.46. The van der Waals surface area contributed by atoms with Crippen LogP contribution in [0.25, 0.3) is 0 Å². The molecule has 7 rings (SSSR count). The van der Waals surface area contributed by atoms with Gasteiger partial charge >= 0.3 is 11.9 Å². The Bertz CT molecular complexity index is 1920. The first kappa shape index (κ1) is 35.5. The van der Waals surface area contributed by atoms with E-state index in [4.69, 9.17) is 31.0 Å². The third-order valence-electron chi connectivity index (χ3n) is 8.97. The summed E-state index contributed by atoms with van der Waals surface area (Å²) in [5.41, 5.74) is 4.17. The van der Waals surface area contributed by atoms with Crippen LogP contribution in [0, 0.1) is 0 Å². The number of β-lactam (4-membered cyclic amide) rings is 1. The van der Waals surface area contributed by atoms with Crippen LogP contribution in [-0.4, -0.2) is 67.5 Å². The van der Waals surface area contributed by atoms with E-state index in [9.17, 15) is 18.6 Å². The Labute approximate surface area is 311 Å². The molecular formula is C37H34ClN5O7S2. The zero-order chi connectivity index (χ0) is 36.1. The van der Waals surface area contributed by atoms with Crippen LogP contribution in [0.3, 0.4) is 0 Å². The van der Waals surface area contributed by atoms with Gasteiger partial charge in [-0.05, 0) is 35.1 Å². The molecule has 3 aromatic carbocycles. The van der Waals surface area contributed by atoms with Gasteiger partial charge in [-0.25, -0.2) is 9.78 Å². The summed E-state index contributed by atoms with van der Waals surface area (Å²) in [4.78, 5) is 56.2. The van der Waals surface area contributed by atoms with Crippen molar-refractivity contribution in [1.29, 1.82) is 0 Å². The van der Waals surface area contributed by atoms with Crippen molar-refractivity contribution in [1.82, 2.24) is 15.4 Å². The van der Waals surface area contributed by atoms with Crippen molar-refractivity contribution in [3.8, 4) is 0 Å². The van der Waals surface area contributed by atoms with Gasteiger partial charge in [-0.1, -0.05) is 96.2 Å². The quantitative estimate of drug-likeness (QED) is 0.0694. The number of hydroxylamine groups is 1. The van der Waals surface area contributed by atoms with Crippen molar-refractivity contribution in [3.05, 3.63) is 130 Å². The van der Waals surface area contributed by atoms with Crippen LogP contribution in [0.5, 0.6) is 0 Å². The average molecular weight is 760 g/mol.